The summed E-state index contributed by atoms with van der Waals surface area (Å²) in [4.78, 5) is 44.1. The molecule has 0 bridgehead atoms. The Labute approximate surface area is 228 Å². The summed E-state index contributed by atoms with van der Waals surface area (Å²) in [5.41, 5.74) is -0.0906. The van der Waals surface area contributed by atoms with Gasteiger partial charge < -0.3 is 39.2 Å². The van der Waals surface area contributed by atoms with E-state index in [4.69, 9.17) is 18.9 Å². The summed E-state index contributed by atoms with van der Waals surface area (Å²) in [6.45, 7) is 0.839. The number of methoxy groups -OCH3 is 1. The molecule has 0 aromatic heterocycles. The van der Waals surface area contributed by atoms with Crippen LogP contribution in [0, 0.1) is 11.6 Å². The zero-order valence-corrected chi connectivity index (χ0v) is 21.8. The summed E-state index contributed by atoms with van der Waals surface area (Å²) in [6, 6.07) is 3.21. The summed E-state index contributed by atoms with van der Waals surface area (Å²) in [5, 5.41) is 13.7. The molecule has 0 spiro atoms. The van der Waals surface area contributed by atoms with Gasteiger partial charge in [-0.2, -0.15) is 0 Å². The lowest BCUT2D eigenvalue weighted by atomic mass is 9.99. The largest absolute Gasteiger partial charge is 0.511 e. The number of carbonyl (C=O) groups excluding carboxylic acids is 3. The topological polar surface area (TPSA) is 130 Å². The van der Waals surface area contributed by atoms with Gasteiger partial charge in [0, 0.05) is 50.6 Å². The fourth-order valence-electron chi connectivity index (χ4n) is 5.46. The van der Waals surface area contributed by atoms with Crippen LogP contribution < -0.4 is 5.32 Å². The van der Waals surface area contributed by atoms with Crippen LogP contribution in [-0.4, -0.2) is 103 Å². The van der Waals surface area contributed by atoms with Crippen molar-refractivity contribution in [3.8, 4) is 0 Å². The maximum Gasteiger partial charge on any atom is 0.511 e. The predicted molar refractivity (Wildman–Crippen MR) is 132 cm³/mol. The minimum absolute atomic E-state index is 0.0300. The lowest BCUT2D eigenvalue weighted by Gasteiger charge is -2.43. The Balaban J connectivity index is 1.35. The molecule has 4 aliphatic heterocycles. The average Bonchev–Trinajstić information content (AvgIpc) is 3.52. The number of nitrogens with zero attached hydrogens (tertiary/aromatic N) is 3. The van der Waals surface area contributed by atoms with E-state index in [1.54, 1.807) is 9.80 Å². The molecule has 1 aromatic carbocycles. The first-order chi connectivity index (χ1) is 19.3. The van der Waals surface area contributed by atoms with Crippen LogP contribution >= 0.6 is 0 Å². The summed E-state index contributed by atoms with van der Waals surface area (Å²) in [5.74, 6) is -2.98. The Morgan fingerprint density at radius 2 is 2.00 bits per heavy atom. The van der Waals surface area contributed by atoms with E-state index in [0.717, 1.165) is 25.5 Å². The number of piperazine rings is 1. The second-order valence-corrected chi connectivity index (χ2v) is 9.74. The Hall–Kier alpha value is -3.75. The third kappa shape index (κ3) is 5.46. The molecule has 0 saturated carbocycles. The molecule has 14 heteroatoms. The number of halogens is 2. The van der Waals surface area contributed by atoms with Crippen molar-refractivity contribution >= 4 is 18.0 Å². The Bertz CT molecular complexity index is 1240. The van der Waals surface area contributed by atoms with Crippen LogP contribution in [0.4, 0.5) is 13.6 Å². The highest BCUT2D eigenvalue weighted by atomic mass is 19.1. The van der Waals surface area contributed by atoms with Crippen molar-refractivity contribution in [1.82, 2.24) is 20.0 Å². The number of amides is 2. The number of hydrogen-bond donors (Lipinski definition) is 2. The summed E-state index contributed by atoms with van der Waals surface area (Å²) >= 11 is 0. The van der Waals surface area contributed by atoms with Gasteiger partial charge >= 0.3 is 6.16 Å². The number of hydrogen-bond acceptors (Lipinski definition) is 10. The van der Waals surface area contributed by atoms with E-state index in [1.165, 1.54) is 19.4 Å². The van der Waals surface area contributed by atoms with Crippen LogP contribution in [0.1, 0.15) is 18.4 Å². The minimum atomic E-state index is -1.69. The molecule has 3 atom stereocenters. The van der Waals surface area contributed by atoms with E-state index in [0.29, 0.717) is 19.2 Å². The van der Waals surface area contributed by atoms with Gasteiger partial charge in [-0.05, 0) is 18.9 Å². The molecule has 4 heterocycles. The molecule has 0 aliphatic carbocycles. The van der Waals surface area contributed by atoms with Crippen molar-refractivity contribution in [2.75, 3.05) is 46.8 Å². The highest BCUT2D eigenvalue weighted by Gasteiger charge is 2.51. The molecule has 5 rings (SSSR count). The molecule has 3 fully saturated rings. The van der Waals surface area contributed by atoms with E-state index >= 15 is 0 Å². The first-order valence-electron chi connectivity index (χ1n) is 12.9. The smallest absolute Gasteiger partial charge is 0.456 e. The molecule has 3 unspecified atom stereocenters. The summed E-state index contributed by atoms with van der Waals surface area (Å²) in [6.07, 6.45) is 0.409. The van der Waals surface area contributed by atoms with Crippen LogP contribution in [0.3, 0.4) is 0 Å². The van der Waals surface area contributed by atoms with Crippen LogP contribution in [0.25, 0.3) is 0 Å². The van der Waals surface area contributed by atoms with Crippen molar-refractivity contribution in [3.63, 3.8) is 0 Å². The number of fused-ring (bicyclic) bond motifs is 4. The van der Waals surface area contributed by atoms with E-state index < -0.39 is 36.6 Å². The van der Waals surface area contributed by atoms with Gasteiger partial charge in [0.1, 0.15) is 36.2 Å². The van der Waals surface area contributed by atoms with E-state index in [1.807, 2.05) is 0 Å². The van der Waals surface area contributed by atoms with Gasteiger partial charge in [-0.3, -0.25) is 14.5 Å². The second-order valence-electron chi connectivity index (χ2n) is 9.74. The van der Waals surface area contributed by atoms with E-state index in [2.05, 4.69) is 10.2 Å². The van der Waals surface area contributed by atoms with E-state index in [-0.39, 0.29) is 60.5 Å². The van der Waals surface area contributed by atoms with Gasteiger partial charge in [-0.15, -0.1) is 0 Å². The zero-order valence-electron chi connectivity index (χ0n) is 21.8. The third-order valence-corrected chi connectivity index (χ3v) is 7.37. The van der Waals surface area contributed by atoms with E-state index in [9.17, 15) is 28.3 Å². The average molecular weight is 565 g/mol. The molecule has 40 heavy (non-hydrogen) atoms. The summed E-state index contributed by atoms with van der Waals surface area (Å²) < 4.78 is 47.4. The predicted octanol–water partition coefficient (Wildman–Crippen LogP) is 0.773. The van der Waals surface area contributed by atoms with Gasteiger partial charge in [-0.25, -0.2) is 13.6 Å². The number of aliphatic hydroxyl groups excluding tert-OH is 1. The quantitative estimate of drug-likeness (QED) is 0.252. The molecular formula is C26H30F2N4O8. The Kier molecular flexibility index (Phi) is 8.19. The van der Waals surface area contributed by atoms with Gasteiger partial charge in [0.25, 0.3) is 11.8 Å². The van der Waals surface area contributed by atoms with Gasteiger partial charge in [0.2, 0.25) is 6.79 Å². The lowest BCUT2D eigenvalue weighted by Crippen LogP contribution is -2.57. The van der Waals surface area contributed by atoms with Gasteiger partial charge in [-0.1, -0.05) is 6.07 Å². The number of ether oxygens (including phenoxy) is 4. The lowest BCUT2D eigenvalue weighted by molar-refractivity contribution is -0.136. The van der Waals surface area contributed by atoms with Gasteiger partial charge in [0.15, 0.2) is 5.76 Å². The molecule has 2 N–H and O–H groups in total. The number of rotatable bonds is 9. The van der Waals surface area contributed by atoms with Crippen molar-refractivity contribution in [2.24, 2.45) is 0 Å². The van der Waals surface area contributed by atoms with Crippen LogP contribution in [0.2, 0.25) is 0 Å². The normalized spacial score (nSPS) is 23.9. The SMILES string of the molecule is COCCOC(=O)OCOC1=C2C(=O)N3CC4CCCN4C3CN2C=C(C(=O)NCc2ccc(F)cc2F)C1O. The number of aliphatic hydroxyl groups is 1. The molecule has 216 valence electrons. The maximum atomic E-state index is 14.1. The van der Waals surface area contributed by atoms with Crippen molar-refractivity contribution in [3.05, 3.63) is 58.6 Å². The Morgan fingerprint density at radius 3 is 2.77 bits per heavy atom. The standard InChI is InChI=1S/C26H30F2N4O8/c1-37-7-8-38-26(36)40-14-39-23-21-25(35)32-11-17-3-2-6-31(17)20(32)13-30(21)12-18(22(23)33)24(34)29-10-15-4-5-16(27)9-19(15)28/h4-5,9,12,17,20,22,33H,2-3,6-8,10-11,13-14H2,1H3,(H,29,34). The maximum absolute atomic E-state index is 14.1. The van der Waals surface area contributed by atoms with Crippen molar-refractivity contribution < 1.29 is 47.2 Å². The zero-order chi connectivity index (χ0) is 28.4. The first kappa shape index (κ1) is 27.8. The molecule has 1 aromatic rings. The van der Waals surface area contributed by atoms with Gasteiger partial charge in [0.05, 0.1) is 18.7 Å². The summed E-state index contributed by atoms with van der Waals surface area (Å²) in [7, 11) is 1.44. The number of nitrogens with one attached hydrogen (secondary N) is 1. The minimum Gasteiger partial charge on any atom is -0.456 e. The fraction of sp³-hybridized carbons (Fsp3) is 0.500. The van der Waals surface area contributed by atoms with Crippen LogP contribution in [-0.2, 0) is 35.1 Å². The number of benzene rings is 1. The molecule has 12 nitrogen and oxygen atoms in total. The second kappa shape index (κ2) is 11.8. The molecule has 2 amide bonds. The highest BCUT2D eigenvalue weighted by Crippen LogP contribution is 2.38. The van der Waals surface area contributed by atoms with Crippen LogP contribution in [0.5, 0.6) is 0 Å². The monoisotopic (exact) mass is 564 g/mol. The van der Waals surface area contributed by atoms with Crippen LogP contribution in [0.15, 0.2) is 41.4 Å². The molecule has 3 saturated heterocycles. The third-order valence-electron chi connectivity index (χ3n) is 7.37. The van der Waals surface area contributed by atoms with Crippen molar-refractivity contribution in [1.29, 1.82) is 0 Å². The molecule has 0 radical (unpaired) electrons. The fourth-order valence-corrected chi connectivity index (χ4v) is 5.46. The highest BCUT2D eigenvalue weighted by molar-refractivity contribution is 5.99. The Morgan fingerprint density at radius 1 is 1.18 bits per heavy atom. The number of carbonyl (C=O) groups is 3. The molecule has 4 aliphatic rings. The first-order valence-corrected chi connectivity index (χ1v) is 12.9. The van der Waals surface area contributed by atoms with Crippen molar-refractivity contribution in [2.45, 2.75) is 37.7 Å². The molecular weight excluding hydrogens is 534 g/mol.